The highest BCUT2D eigenvalue weighted by Crippen LogP contribution is 2.30. The molecule has 3 unspecified atom stereocenters. The molecule has 1 N–H and O–H groups in total. The fourth-order valence-corrected chi connectivity index (χ4v) is 2.95. The van der Waals surface area contributed by atoms with Gasteiger partial charge in [0.25, 0.3) is 0 Å². The van der Waals surface area contributed by atoms with E-state index in [0.717, 1.165) is 6.54 Å². The Labute approximate surface area is 115 Å². The molecule has 0 amide bonds. The number of anilines is 1. The fraction of sp³-hybridized carbons (Fsp3) is 0.857. The molecule has 1 aromatic heterocycles. The van der Waals surface area contributed by atoms with Gasteiger partial charge in [0.05, 0.1) is 6.04 Å². The van der Waals surface area contributed by atoms with E-state index >= 15 is 0 Å². The zero-order chi connectivity index (χ0) is 13.8. The van der Waals surface area contributed by atoms with Crippen molar-refractivity contribution in [2.24, 2.45) is 5.92 Å². The van der Waals surface area contributed by atoms with E-state index in [-0.39, 0.29) is 6.04 Å². The molecular formula is C14H26N4O. The van der Waals surface area contributed by atoms with Gasteiger partial charge in [-0.3, -0.25) is 0 Å². The molecule has 0 aliphatic heterocycles. The van der Waals surface area contributed by atoms with Gasteiger partial charge in [0, 0.05) is 13.1 Å². The smallest absolute Gasteiger partial charge is 0.318 e. The van der Waals surface area contributed by atoms with Gasteiger partial charge in [-0.1, -0.05) is 31.8 Å². The molecule has 1 fully saturated rings. The first kappa shape index (κ1) is 14.3. The molecule has 108 valence electrons. The molecule has 0 spiro atoms. The SMILES string of the molecule is CCNC(C)c1nnc(N(C)C2CCCCC2C)o1. The summed E-state index contributed by atoms with van der Waals surface area (Å²) in [6.45, 7) is 7.33. The summed E-state index contributed by atoms with van der Waals surface area (Å²) in [5.41, 5.74) is 0. The van der Waals surface area contributed by atoms with Gasteiger partial charge < -0.3 is 14.6 Å². The van der Waals surface area contributed by atoms with Crippen LogP contribution in [0.1, 0.15) is 58.4 Å². The van der Waals surface area contributed by atoms with Crippen molar-refractivity contribution in [2.75, 3.05) is 18.5 Å². The van der Waals surface area contributed by atoms with Crippen molar-refractivity contribution in [3.05, 3.63) is 5.89 Å². The minimum Gasteiger partial charge on any atom is -0.406 e. The fourth-order valence-electron chi connectivity index (χ4n) is 2.95. The molecule has 1 aliphatic rings. The number of nitrogens with zero attached hydrogens (tertiary/aromatic N) is 3. The second-order valence-corrected chi connectivity index (χ2v) is 5.64. The number of nitrogens with one attached hydrogen (secondary N) is 1. The van der Waals surface area contributed by atoms with E-state index in [1.807, 2.05) is 6.92 Å². The van der Waals surface area contributed by atoms with Crippen LogP contribution < -0.4 is 10.2 Å². The highest BCUT2D eigenvalue weighted by atomic mass is 16.4. The van der Waals surface area contributed by atoms with Crippen LogP contribution in [0.25, 0.3) is 0 Å². The largest absolute Gasteiger partial charge is 0.406 e. The van der Waals surface area contributed by atoms with Crippen LogP contribution in [-0.4, -0.2) is 29.8 Å². The van der Waals surface area contributed by atoms with Gasteiger partial charge >= 0.3 is 6.01 Å². The molecule has 3 atom stereocenters. The van der Waals surface area contributed by atoms with Crippen molar-refractivity contribution in [1.82, 2.24) is 15.5 Å². The highest BCUT2D eigenvalue weighted by Gasteiger charge is 2.28. The molecule has 1 aliphatic carbocycles. The average molecular weight is 266 g/mol. The van der Waals surface area contributed by atoms with Crippen molar-refractivity contribution in [2.45, 2.75) is 58.5 Å². The van der Waals surface area contributed by atoms with E-state index in [1.165, 1.54) is 25.7 Å². The zero-order valence-corrected chi connectivity index (χ0v) is 12.5. The van der Waals surface area contributed by atoms with Crippen molar-refractivity contribution < 1.29 is 4.42 Å². The molecule has 1 heterocycles. The summed E-state index contributed by atoms with van der Waals surface area (Å²) >= 11 is 0. The Hall–Kier alpha value is -1.10. The molecule has 0 bridgehead atoms. The highest BCUT2D eigenvalue weighted by molar-refractivity contribution is 5.25. The van der Waals surface area contributed by atoms with Gasteiger partial charge in [-0.25, -0.2) is 0 Å². The Balaban J connectivity index is 2.04. The summed E-state index contributed by atoms with van der Waals surface area (Å²) in [4.78, 5) is 2.17. The molecule has 19 heavy (non-hydrogen) atoms. The molecule has 0 aromatic carbocycles. The number of rotatable bonds is 5. The lowest BCUT2D eigenvalue weighted by Crippen LogP contribution is -2.39. The lowest BCUT2D eigenvalue weighted by atomic mass is 9.85. The second kappa shape index (κ2) is 6.37. The maximum absolute atomic E-state index is 5.80. The van der Waals surface area contributed by atoms with Gasteiger partial charge in [-0.15, -0.1) is 5.10 Å². The van der Waals surface area contributed by atoms with Gasteiger partial charge in [-0.2, -0.15) is 0 Å². The van der Waals surface area contributed by atoms with E-state index in [2.05, 4.69) is 41.3 Å². The predicted octanol–water partition coefficient (Wildman–Crippen LogP) is 2.76. The maximum Gasteiger partial charge on any atom is 0.318 e. The Bertz CT molecular complexity index is 393. The first-order valence-corrected chi connectivity index (χ1v) is 7.43. The second-order valence-electron chi connectivity index (χ2n) is 5.64. The van der Waals surface area contributed by atoms with Crippen molar-refractivity contribution >= 4 is 6.01 Å². The van der Waals surface area contributed by atoms with E-state index in [9.17, 15) is 0 Å². The minimum absolute atomic E-state index is 0.114. The van der Waals surface area contributed by atoms with Gasteiger partial charge in [0.1, 0.15) is 0 Å². The summed E-state index contributed by atoms with van der Waals surface area (Å²) in [7, 11) is 2.07. The van der Waals surface area contributed by atoms with Crippen molar-refractivity contribution in [3.63, 3.8) is 0 Å². The summed E-state index contributed by atoms with van der Waals surface area (Å²) < 4.78 is 5.80. The zero-order valence-electron chi connectivity index (χ0n) is 12.5. The van der Waals surface area contributed by atoms with E-state index in [1.54, 1.807) is 0 Å². The normalized spacial score (nSPS) is 25.3. The molecule has 0 saturated heterocycles. The van der Waals surface area contributed by atoms with E-state index in [4.69, 9.17) is 4.42 Å². The van der Waals surface area contributed by atoms with E-state index < -0.39 is 0 Å². The minimum atomic E-state index is 0.114. The lowest BCUT2D eigenvalue weighted by Gasteiger charge is -2.35. The van der Waals surface area contributed by atoms with Crippen LogP contribution in [-0.2, 0) is 0 Å². The third-order valence-electron chi connectivity index (χ3n) is 4.18. The first-order chi connectivity index (χ1) is 9.13. The summed E-state index contributed by atoms with van der Waals surface area (Å²) in [5.74, 6) is 1.37. The molecule has 1 aromatic rings. The molecule has 2 rings (SSSR count). The number of hydrogen-bond acceptors (Lipinski definition) is 5. The third-order valence-corrected chi connectivity index (χ3v) is 4.18. The van der Waals surface area contributed by atoms with Crippen LogP contribution in [0.2, 0.25) is 0 Å². The van der Waals surface area contributed by atoms with Crippen LogP contribution in [0.4, 0.5) is 6.01 Å². The standard InChI is InChI=1S/C14H26N4O/c1-5-15-11(3)13-16-17-14(19-13)18(4)12-9-7-6-8-10(12)2/h10-12,15H,5-9H2,1-4H3. The number of hydrogen-bond donors (Lipinski definition) is 1. The van der Waals surface area contributed by atoms with Gasteiger partial charge in [-0.05, 0) is 32.2 Å². The van der Waals surface area contributed by atoms with Crippen LogP contribution in [0.5, 0.6) is 0 Å². The van der Waals surface area contributed by atoms with Gasteiger partial charge in [0.2, 0.25) is 5.89 Å². The predicted molar refractivity (Wildman–Crippen MR) is 76.2 cm³/mol. The molecule has 5 nitrogen and oxygen atoms in total. The van der Waals surface area contributed by atoms with E-state index in [0.29, 0.717) is 23.9 Å². The summed E-state index contributed by atoms with van der Waals surface area (Å²) in [6, 6.07) is 1.29. The number of aromatic nitrogens is 2. The Morgan fingerprint density at radius 2 is 2.11 bits per heavy atom. The molecule has 0 radical (unpaired) electrons. The van der Waals surface area contributed by atoms with Crippen LogP contribution in [0.3, 0.4) is 0 Å². The Kier molecular flexibility index (Phi) is 4.80. The third kappa shape index (κ3) is 3.26. The van der Waals surface area contributed by atoms with Crippen molar-refractivity contribution in [3.8, 4) is 0 Å². The Morgan fingerprint density at radius 1 is 1.37 bits per heavy atom. The molecule has 1 saturated carbocycles. The maximum atomic E-state index is 5.80. The van der Waals surface area contributed by atoms with Crippen LogP contribution in [0.15, 0.2) is 4.42 Å². The van der Waals surface area contributed by atoms with Crippen LogP contribution >= 0.6 is 0 Å². The quantitative estimate of drug-likeness (QED) is 0.888. The molecular weight excluding hydrogens is 240 g/mol. The first-order valence-electron chi connectivity index (χ1n) is 7.43. The summed E-state index contributed by atoms with van der Waals surface area (Å²) in [6.07, 6.45) is 5.16. The topological polar surface area (TPSA) is 54.2 Å². The molecule has 5 heteroatoms. The Morgan fingerprint density at radius 3 is 2.79 bits per heavy atom. The lowest BCUT2D eigenvalue weighted by molar-refractivity contribution is 0.308. The summed E-state index contributed by atoms with van der Waals surface area (Å²) in [5, 5.41) is 11.6. The average Bonchev–Trinajstić information content (AvgIpc) is 2.88. The van der Waals surface area contributed by atoms with Crippen molar-refractivity contribution in [1.29, 1.82) is 0 Å². The van der Waals surface area contributed by atoms with Crippen LogP contribution in [0, 0.1) is 5.92 Å². The van der Waals surface area contributed by atoms with Gasteiger partial charge in [0.15, 0.2) is 0 Å². The monoisotopic (exact) mass is 266 g/mol.